The van der Waals surface area contributed by atoms with Crippen LogP contribution in [0.3, 0.4) is 0 Å². The lowest BCUT2D eigenvalue weighted by Crippen LogP contribution is -2.32. The average Bonchev–Trinajstić information content (AvgIpc) is 2.39. The maximum absolute atomic E-state index is 13.5. The third-order valence-electron chi connectivity index (χ3n) is 3.48. The van der Waals surface area contributed by atoms with E-state index in [4.69, 9.17) is 5.11 Å². The molecule has 0 bridgehead atoms. The quantitative estimate of drug-likeness (QED) is 0.848. The van der Waals surface area contributed by atoms with Crippen molar-refractivity contribution in [2.75, 3.05) is 19.6 Å². The Bertz CT molecular complexity index is 475. The molecule has 2 rings (SSSR count). The van der Waals surface area contributed by atoms with Gasteiger partial charge in [-0.05, 0) is 30.9 Å². The Morgan fingerprint density at radius 3 is 2.63 bits per heavy atom. The lowest BCUT2D eigenvalue weighted by atomic mass is 10.0. The van der Waals surface area contributed by atoms with Gasteiger partial charge >= 0.3 is 5.97 Å². The fraction of sp³-hybridized carbons (Fsp3) is 0.400. The summed E-state index contributed by atoms with van der Waals surface area (Å²) in [5.41, 5.74) is 1.74. The molecule has 1 aromatic rings. The van der Waals surface area contributed by atoms with Crippen LogP contribution in [0, 0.1) is 5.82 Å². The molecule has 1 saturated heterocycles. The van der Waals surface area contributed by atoms with Crippen molar-refractivity contribution in [1.29, 1.82) is 0 Å². The van der Waals surface area contributed by atoms with Crippen LogP contribution < -0.4 is 0 Å². The number of likely N-dealkylation sites (tertiary alicyclic amines) is 1. The molecule has 1 aromatic carbocycles. The minimum absolute atomic E-state index is 0.147. The molecule has 0 atom stereocenters. The van der Waals surface area contributed by atoms with Gasteiger partial charge in [-0.25, -0.2) is 9.18 Å². The third-order valence-corrected chi connectivity index (χ3v) is 3.48. The molecule has 1 aliphatic heterocycles. The molecule has 1 heterocycles. The van der Waals surface area contributed by atoms with E-state index in [0.29, 0.717) is 6.42 Å². The number of carboxylic acid groups (broad SMARTS) is 1. The number of benzene rings is 1. The smallest absolute Gasteiger partial charge is 0.328 e. The second kappa shape index (κ2) is 6.48. The molecule has 19 heavy (non-hydrogen) atoms. The summed E-state index contributed by atoms with van der Waals surface area (Å²) in [6, 6.07) is 6.85. The fourth-order valence-corrected chi connectivity index (χ4v) is 2.36. The van der Waals surface area contributed by atoms with Crippen LogP contribution in [0.15, 0.2) is 35.9 Å². The van der Waals surface area contributed by atoms with E-state index >= 15 is 0 Å². The number of carbonyl (C=O) groups is 1. The van der Waals surface area contributed by atoms with Crippen molar-refractivity contribution in [3.63, 3.8) is 0 Å². The summed E-state index contributed by atoms with van der Waals surface area (Å²) in [6.45, 7) is 2.53. The van der Waals surface area contributed by atoms with E-state index in [2.05, 4.69) is 4.90 Å². The number of rotatable bonds is 4. The lowest BCUT2D eigenvalue weighted by Gasteiger charge is -2.28. The molecule has 0 amide bonds. The molecule has 0 saturated carbocycles. The van der Waals surface area contributed by atoms with Crippen molar-refractivity contribution in [2.45, 2.75) is 19.3 Å². The molecule has 102 valence electrons. The molecule has 0 unspecified atom stereocenters. The van der Waals surface area contributed by atoms with Crippen LogP contribution in [-0.4, -0.2) is 35.6 Å². The maximum Gasteiger partial charge on any atom is 0.328 e. The van der Waals surface area contributed by atoms with Crippen LogP contribution in [0.5, 0.6) is 0 Å². The predicted molar refractivity (Wildman–Crippen MR) is 71.5 cm³/mol. The molecular weight excluding hydrogens is 245 g/mol. The predicted octanol–water partition coefficient (Wildman–Crippen LogP) is 2.48. The van der Waals surface area contributed by atoms with Gasteiger partial charge in [0.1, 0.15) is 5.82 Å². The highest BCUT2D eigenvalue weighted by Crippen LogP contribution is 2.16. The van der Waals surface area contributed by atoms with Crippen LogP contribution >= 0.6 is 0 Å². The van der Waals surface area contributed by atoms with Crippen molar-refractivity contribution in [3.8, 4) is 0 Å². The first-order chi connectivity index (χ1) is 9.15. The van der Waals surface area contributed by atoms with E-state index in [1.807, 2.05) is 12.1 Å². The van der Waals surface area contributed by atoms with E-state index in [1.54, 1.807) is 6.07 Å². The largest absolute Gasteiger partial charge is 0.478 e. The standard InChI is InChI=1S/C15H18FNO2/c16-14-4-2-1-3-13(14)7-10-17-8-5-12(6-9-17)11-15(18)19/h1-4,11H,5-10H2,(H,18,19). The minimum Gasteiger partial charge on any atom is -0.478 e. The minimum atomic E-state index is -0.866. The van der Waals surface area contributed by atoms with Gasteiger partial charge in [0.25, 0.3) is 0 Å². The van der Waals surface area contributed by atoms with Gasteiger partial charge in [0, 0.05) is 25.7 Å². The van der Waals surface area contributed by atoms with Crippen LogP contribution in [0.4, 0.5) is 4.39 Å². The number of hydrogen-bond acceptors (Lipinski definition) is 2. The van der Waals surface area contributed by atoms with Gasteiger partial charge in [-0.1, -0.05) is 23.8 Å². The molecule has 0 aliphatic carbocycles. The van der Waals surface area contributed by atoms with E-state index < -0.39 is 5.97 Å². The number of hydrogen-bond donors (Lipinski definition) is 1. The van der Waals surface area contributed by atoms with Gasteiger partial charge < -0.3 is 10.0 Å². The Hall–Kier alpha value is -1.68. The Morgan fingerprint density at radius 2 is 2.00 bits per heavy atom. The molecule has 1 aliphatic rings. The molecule has 0 spiro atoms. The first-order valence-corrected chi connectivity index (χ1v) is 6.53. The zero-order valence-electron chi connectivity index (χ0n) is 10.8. The second-order valence-electron chi connectivity index (χ2n) is 4.82. The van der Waals surface area contributed by atoms with E-state index in [1.165, 1.54) is 12.1 Å². The maximum atomic E-state index is 13.5. The molecular formula is C15H18FNO2. The van der Waals surface area contributed by atoms with Crippen molar-refractivity contribution in [2.24, 2.45) is 0 Å². The topological polar surface area (TPSA) is 40.5 Å². The van der Waals surface area contributed by atoms with Crippen molar-refractivity contribution in [1.82, 2.24) is 4.90 Å². The third kappa shape index (κ3) is 4.17. The van der Waals surface area contributed by atoms with Crippen molar-refractivity contribution < 1.29 is 14.3 Å². The van der Waals surface area contributed by atoms with Crippen LogP contribution in [0.2, 0.25) is 0 Å². The van der Waals surface area contributed by atoms with Gasteiger partial charge in [-0.15, -0.1) is 0 Å². The summed E-state index contributed by atoms with van der Waals surface area (Å²) in [4.78, 5) is 12.8. The Kier molecular flexibility index (Phi) is 4.68. The summed E-state index contributed by atoms with van der Waals surface area (Å²) in [6.07, 6.45) is 3.60. The number of carboxylic acids is 1. The number of nitrogens with zero attached hydrogens (tertiary/aromatic N) is 1. The van der Waals surface area contributed by atoms with E-state index in [-0.39, 0.29) is 5.82 Å². The first kappa shape index (κ1) is 13.7. The Balaban J connectivity index is 1.80. The number of halogens is 1. The van der Waals surface area contributed by atoms with Gasteiger partial charge in [0.2, 0.25) is 0 Å². The molecule has 1 fully saturated rings. The van der Waals surface area contributed by atoms with Gasteiger partial charge in [0.05, 0.1) is 0 Å². The number of aliphatic carboxylic acids is 1. The molecule has 0 radical (unpaired) electrons. The van der Waals surface area contributed by atoms with Crippen molar-refractivity contribution in [3.05, 3.63) is 47.3 Å². The highest BCUT2D eigenvalue weighted by molar-refractivity contribution is 5.80. The second-order valence-corrected chi connectivity index (χ2v) is 4.82. The summed E-state index contributed by atoms with van der Waals surface area (Å²) in [5, 5.41) is 8.68. The van der Waals surface area contributed by atoms with Crippen LogP contribution in [-0.2, 0) is 11.2 Å². The Morgan fingerprint density at radius 1 is 1.32 bits per heavy atom. The average molecular weight is 263 g/mol. The fourth-order valence-electron chi connectivity index (χ4n) is 2.36. The van der Waals surface area contributed by atoms with Gasteiger partial charge in [-0.3, -0.25) is 0 Å². The Labute approximate surface area is 112 Å². The van der Waals surface area contributed by atoms with E-state index in [9.17, 15) is 9.18 Å². The monoisotopic (exact) mass is 263 g/mol. The van der Waals surface area contributed by atoms with Gasteiger partial charge in [-0.2, -0.15) is 0 Å². The van der Waals surface area contributed by atoms with Crippen molar-refractivity contribution >= 4 is 5.97 Å². The lowest BCUT2D eigenvalue weighted by molar-refractivity contribution is -0.131. The molecule has 1 N–H and O–H groups in total. The number of piperidine rings is 1. The summed E-state index contributed by atoms with van der Waals surface area (Å²) in [7, 11) is 0. The summed E-state index contributed by atoms with van der Waals surface area (Å²) >= 11 is 0. The molecule has 3 nitrogen and oxygen atoms in total. The zero-order valence-corrected chi connectivity index (χ0v) is 10.8. The SMILES string of the molecule is O=C(O)C=C1CCN(CCc2ccccc2F)CC1. The highest BCUT2D eigenvalue weighted by Gasteiger charge is 2.14. The van der Waals surface area contributed by atoms with E-state index in [0.717, 1.165) is 43.6 Å². The first-order valence-electron chi connectivity index (χ1n) is 6.53. The zero-order chi connectivity index (χ0) is 13.7. The summed E-state index contributed by atoms with van der Waals surface area (Å²) in [5.74, 6) is -1.01. The van der Waals surface area contributed by atoms with Crippen LogP contribution in [0.25, 0.3) is 0 Å². The molecule has 0 aromatic heterocycles. The highest BCUT2D eigenvalue weighted by atomic mass is 19.1. The van der Waals surface area contributed by atoms with Gasteiger partial charge in [0.15, 0.2) is 0 Å². The summed E-state index contributed by atoms with van der Waals surface area (Å²) < 4.78 is 13.5. The molecule has 4 heteroatoms. The van der Waals surface area contributed by atoms with Crippen LogP contribution in [0.1, 0.15) is 18.4 Å². The normalized spacial score (nSPS) is 16.4.